The van der Waals surface area contributed by atoms with Crippen LogP contribution in [0.3, 0.4) is 0 Å². The molecule has 1 saturated carbocycles. The van der Waals surface area contributed by atoms with E-state index in [1.54, 1.807) is 0 Å². The van der Waals surface area contributed by atoms with Crippen molar-refractivity contribution in [2.45, 2.75) is 44.9 Å². The second-order valence-corrected chi connectivity index (χ2v) is 5.50. The van der Waals surface area contributed by atoms with Crippen molar-refractivity contribution in [1.29, 1.82) is 0 Å². The third-order valence-electron chi connectivity index (χ3n) is 3.72. The van der Waals surface area contributed by atoms with Crippen molar-refractivity contribution in [1.82, 2.24) is 9.47 Å². The summed E-state index contributed by atoms with van der Waals surface area (Å²) in [5.41, 5.74) is 0.815. The Morgan fingerprint density at radius 2 is 2.00 bits per heavy atom. The minimum absolute atomic E-state index is 0.174. The van der Waals surface area contributed by atoms with Gasteiger partial charge in [-0.1, -0.05) is 12.8 Å². The predicted molar refractivity (Wildman–Crippen MR) is 73.2 cm³/mol. The molecule has 0 radical (unpaired) electrons. The largest absolute Gasteiger partial charge is 0.503 e. The van der Waals surface area contributed by atoms with Crippen LogP contribution in [-0.2, 0) is 13.2 Å². The summed E-state index contributed by atoms with van der Waals surface area (Å²) in [6, 6.07) is 1.64. The molecular weight excluding hydrogens is 244 g/mol. The van der Waals surface area contributed by atoms with E-state index >= 15 is 0 Å². The van der Waals surface area contributed by atoms with E-state index < -0.39 is 5.43 Å². The summed E-state index contributed by atoms with van der Waals surface area (Å²) in [7, 11) is 3.79. The van der Waals surface area contributed by atoms with E-state index in [9.17, 15) is 15.0 Å². The number of hydrogen-bond donors (Lipinski definition) is 2. The third-order valence-corrected chi connectivity index (χ3v) is 3.72. The molecule has 0 saturated heterocycles. The van der Waals surface area contributed by atoms with E-state index in [0.717, 1.165) is 25.7 Å². The van der Waals surface area contributed by atoms with E-state index in [4.69, 9.17) is 0 Å². The summed E-state index contributed by atoms with van der Waals surface area (Å²) in [5.74, 6) is -0.183. The number of aromatic hydroxyl groups is 1. The average molecular weight is 266 g/mol. The van der Waals surface area contributed by atoms with Gasteiger partial charge in [0.25, 0.3) is 0 Å². The third kappa shape index (κ3) is 2.82. The molecule has 106 valence electrons. The molecule has 2 rings (SSSR count). The number of rotatable bonds is 4. The van der Waals surface area contributed by atoms with Crippen molar-refractivity contribution < 1.29 is 10.2 Å². The molecule has 1 heterocycles. The molecule has 19 heavy (non-hydrogen) atoms. The number of aromatic nitrogens is 1. The molecule has 1 aliphatic carbocycles. The highest BCUT2D eigenvalue weighted by Gasteiger charge is 2.24. The van der Waals surface area contributed by atoms with Gasteiger partial charge in [0.15, 0.2) is 5.75 Å². The van der Waals surface area contributed by atoms with Gasteiger partial charge >= 0.3 is 0 Å². The summed E-state index contributed by atoms with van der Waals surface area (Å²) in [6.07, 6.45) is 4.39. The number of aliphatic hydroxyl groups excluding tert-OH is 1. The van der Waals surface area contributed by atoms with Gasteiger partial charge in [0.2, 0.25) is 5.43 Å². The zero-order chi connectivity index (χ0) is 14.0. The molecule has 1 fully saturated rings. The van der Waals surface area contributed by atoms with Crippen molar-refractivity contribution in [2.24, 2.45) is 0 Å². The Morgan fingerprint density at radius 1 is 1.37 bits per heavy atom. The Morgan fingerprint density at radius 3 is 2.53 bits per heavy atom. The molecule has 0 atom stereocenters. The van der Waals surface area contributed by atoms with Crippen molar-refractivity contribution in [2.75, 3.05) is 14.1 Å². The lowest BCUT2D eigenvalue weighted by Gasteiger charge is -2.25. The minimum Gasteiger partial charge on any atom is -0.503 e. The van der Waals surface area contributed by atoms with Crippen molar-refractivity contribution in [3.63, 3.8) is 0 Å². The van der Waals surface area contributed by atoms with Gasteiger partial charge < -0.3 is 19.7 Å². The topological polar surface area (TPSA) is 65.7 Å². The van der Waals surface area contributed by atoms with Gasteiger partial charge in [-0.15, -0.1) is 0 Å². The maximum Gasteiger partial charge on any atom is 0.223 e. The van der Waals surface area contributed by atoms with Crippen LogP contribution in [0, 0.1) is 0 Å². The van der Waals surface area contributed by atoms with Gasteiger partial charge in [-0.25, -0.2) is 0 Å². The first-order valence-corrected chi connectivity index (χ1v) is 6.76. The summed E-state index contributed by atoms with van der Waals surface area (Å²) < 4.78 is 1.98. The Hall–Kier alpha value is -1.33. The molecule has 0 bridgehead atoms. The van der Waals surface area contributed by atoms with E-state index in [-0.39, 0.29) is 18.4 Å². The lowest BCUT2D eigenvalue weighted by molar-refractivity contribution is 0.257. The number of pyridine rings is 1. The van der Waals surface area contributed by atoms with Gasteiger partial charge in [0.1, 0.15) is 0 Å². The molecule has 1 aromatic rings. The summed E-state index contributed by atoms with van der Waals surface area (Å²) in [5, 5.41) is 19.6. The molecule has 0 spiro atoms. The molecule has 0 unspecified atom stereocenters. The highest BCUT2D eigenvalue weighted by Crippen LogP contribution is 2.33. The fourth-order valence-electron chi connectivity index (χ4n) is 2.91. The minimum atomic E-state index is -0.407. The molecule has 0 aliphatic heterocycles. The van der Waals surface area contributed by atoms with Crippen LogP contribution in [-0.4, -0.2) is 33.8 Å². The van der Waals surface area contributed by atoms with Crippen LogP contribution >= 0.6 is 0 Å². The number of nitrogens with zero attached hydrogens (tertiary/aromatic N) is 2. The van der Waals surface area contributed by atoms with E-state index in [1.165, 1.54) is 6.07 Å². The van der Waals surface area contributed by atoms with Crippen molar-refractivity contribution in [3.05, 3.63) is 27.7 Å². The second-order valence-electron chi connectivity index (χ2n) is 5.50. The number of hydrogen-bond acceptors (Lipinski definition) is 4. The fourth-order valence-corrected chi connectivity index (χ4v) is 2.91. The van der Waals surface area contributed by atoms with Gasteiger partial charge in [-0.2, -0.15) is 0 Å². The van der Waals surface area contributed by atoms with Gasteiger partial charge in [-0.05, 0) is 26.9 Å². The zero-order valence-corrected chi connectivity index (χ0v) is 11.6. The first-order valence-electron chi connectivity index (χ1n) is 6.76. The van der Waals surface area contributed by atoms with Crippen LogP contribution in [0.5, 0.6) is 5.75 Å². The quantitative estimate of drug-likeness (QED) is 0.860. The molecule has 5 nitrogen and oxygen atoms in total. The van der Waals surface area contributed by atoms with Crippen molar-refractivity contribution in [3.8, 4) is 5.75 Å². The highest BCUT2D eigenvalue weighted by atomic mass is 16.3. The summed E-state index contributed by atoms with van der Waals surface area (Å²) in [4.78, 5) is 13.7. The van der Waals surface area contributed by atoms with Crippen LogP contribution in [0.2, 0.25) is 0 Å². The molecular formula is C14H22N2O3. The normalized spacial score (nSPS) is 16.4. The molecule has 2 N–H and O–H groups in total. The van der Waals surface area contributed by atoms with Crippen LogP contribution in [0.25, 0.3) is 0 Å². The molecule has 1 aromatic heterocycles. The lowest BCUT2D eigenvalue weighted by atomic mass is 10.1. The van der Waals surface area contributed by atoms with Gasteiger partial charge in [-0.3, -0.25) is 4.79 Å². The maximum atomic E-state index is 11.8. The van der Waals surface area contributed by atoms with Gasteiger partial charge in [0, 0.05) is 24.3 Å². The van der Waals surface area contributed by atoms with Gasteiger partial charge in [0.05, 0.1) is 12.3 Å². The predicted octanol–water partition coefficient (Wildman–Crippen LogP) is 1.22. The maximum absolute atomic E-state index is 11.8. The first-order chi connectivity index (χ1) is 9.04. The summed E-state index contributed by atoms with van der Waals surface area (Å²) in [6.45, 7) is 0.317. The zero-order valence-electron chi connectivity index (χ0n) is 11.6. The Labute approximate surface area is 113 Å². The Bertz CT molecular complexity index is 502. The van der Waals surface area contributed by atoms with Crippen LogP contribution in [0.4, 0.5) is 0 Å². The van der Waals surface area contributed by atoms with E-state index in [0.29, 0.717) is 17.9 Å². The monoisotopic (exact) mass is 266 g/mol. The second kappa shape index (κ2) is 5.75. The van der Waals surface area contributed by atoms with Crippen LogP contribution in [0.15, 0.2) is 10.9 Å². The van der Waals surface area contributed by atoms with Crippen LogP contribution < -0.4 is 5.43 Å². The van der Waals surface area contributed by atoms with E-state index in [2.05, 4.69) is 0 Å². The highest BCUT2D eigenvalue weighted by molar-refractivity contribution is 5.30. The Kier molecular flexibility index (Phi) is 4.27. The summed E-state index contributed by atoms with van der Waals surface area (Å²) >= 11 is 0. The van der Waals surface area contributed by atoms with Crippen LogP contribution in [0.1, 0.15) is 43.1 Å². The fraction of sp³-hybridized carbons (Fsp3) is 0.643. The SMILES string of the molecule is CN(C)Cc1c(O)c(=O)cc(CO)n1C1CCCC1. The standard InChI is InChI=1S/C14H22N2O3/c1-15(2)8-12-14(19)13(18)7-11(9-17)16(12)10-5-3-4-6-10/h7,10,17,19H,3-6,8-9H2,1-2H3. The first kappa shape index (κ1) is 14.1. The number of aliphatic hydroxyl groups is 1. The lowest BCUT2D eigenvalue weighted by Crippen LogP contribution is -2.25. The molecule has 1 aliphatic rings. The van der Waals surface area contributed by atoms with E-state index in [1.807, 2.05) is 23.6 Å². The molecule has 5 heteroatoms. The Balaban J connectivity index is 2.57. The molecule has 0 amide bonds. The average Bonchev–Trinajstić information content (AvgIpc) is 2.87. The van der Waals surface area contributed by atoms with Crippen molar-refractivity contribution >= 4 is 0 Å². The molecule has 0 aromatic carbocycles. The smallest absolute Gasteiger partial charge is 0.223 e.